The quantitative estimate of drug-likeness (QED) is 0.267. The minimum Gasteiger partial charge on any atom is -0.480 e. The van der Waals surface area contributed by atoms with Crippen molar-refractivity contribution in [3.8, 4) is 0 Å². The van der Waals surface area contributed by atoms with E-state index in [9.17, 15) is 19.2 Å². The van der Waals surface area contributed by atoms with Crippen molar-refractivity contribution in [2.75, 3.05) is 18.8 Å². The van der Waals surface area contributed by atoms with E-state index in [1.54, 1.807) is 0 Å². The maximum atomic E-state index is 12.7. The van der Waals surface area contributed by atoms with Gasteiger partial charge in [0.05, 0.1) is 12.6 Å². The number of carbonyl (C=O) groups excluding carboxylic acids is 3. The Labute approximate surface area is 176 Å². The van der Waals surface area contributed by atoms with Gasteiger partial charge in [0, 0.05) is 5.75 Å². The van der Waals surface area contributed by atoms with Crippen molar-refractivity contribution in [1.82, 2.24) is 21.3 Å². The largest absolute Gasteiger partial charge is 0.480 e. The summed E-state index contributed by atoms with van der Waals surface area (Å²) in [4.78, 5) is 48.1. The number of aliphatic carboxylic acids is 1. The van der Waals surface area contributed by atoms with Crippen LogP contribution in [-0.2, 0) is 19.2 Å². The number of hydrogen-bond acceptors (Lipinski definition) is 6. The van der Waals surface area contributed by atoms with Crippen LogP contribution in [0.15, 0.2) is 0 Å². The van der Waals surface area contributed by atoms with E-state index in [2.05, 4.69) is 33.9 Å². The second-order valence-electron chi connectivity index (χ2n) is 7.81. The summed E-state index contributed by atoms with van der Waals surface area (Å²) in [6.45, 7) is 0.433. The Bertz CT molecular complexity index is 591. The number of rotatable bonds is 10. The van der Waals surface area contributed by atoms with Crippen LogP contribution in [0.25, 0.3) is 0 Å². The lowest BCUT2D eigenvalue weighted by atomic mass is 9.84. The predicted molar refractivity (Wildman–Crippen MR) is 111 cm³/mol. The minimum absolute atomic E-state index is 0.0518. The summed E-state index contributed by atoms with van der Waals surface area (Å²) in [5.74, 6) is -2.10. The van der Waals surface area contributed by atoms with Crippen molar-refractivity contribution >= 4 is 36.3 Å². The van der Waals surface area contributed by atoms with Gasteiger partial charge in [0.1, 0.15) is 12.1 Å². The lowest BCUT2D eigenvalue weighted by Crippen LogP contribution is -2.54. The van der Waals surface area contributed by atoms with Crippen molar-refractivity contribution in [1.29, 1.82) is 0 Å². The second-order valence-corrected chi connectivity index (χ2v) is 8.17. The van der Waals surface area contributed by atoms with Gasteiger partial charge in [0.25, 0.3) is 0 Å². The molecule has 29 heavy (non-hydrogen) atoms. The van der Waals surface area contributed by atoms with Crippen LogP contribution in [0.2, 0.25) is 0 Å². The number of carboxylic acids is 1. The van der Waals surface area contributed by atoms with E-state index >= 15 is 0 Å². The fourth-order valence-electron chi connectivity index (χ4n) is 3.89. The molecule has 1 saturated carbocycles. The number of hydrogen-bond donors (Lipinski definition) is 6. The molecule has 3 atom stereocenters. The Balaban J connectivity index is 1.90. The molecule has 2 aliphatic rings. The van der Waals surface area contributed by atoms with Crippen LogP contribution in [0.3, 0.4) is 0 Å². The standard InChI is InChI=1S/C19H32N4O5S/c24-16(22-15(11-29)19(27)28)10-21-17(25)14(9-12-5-2-1-3-6-12)23-18(26)13-7-4-8-20-13/h12-15,20,29H,1-11H2,(H,21,25)(H,22,24)(H,23,26)(H,27,28)/t13-,14-,15-/m0/s1. The van der Waals surface area contributed by atoms with Crippen molar-refractivity contribution in [3.05, 3.63) is 0 Å². The average Bonchev–Trinajstić information content (AvgIpc) is 3.25. The summed E-state index contributed by atoms with van der Waals surface area (Å²) in [6.07, 6.45) is 7.72. The number of thiol groups is 1. The van der Waals surface area contributed by atoms with E-state index in [-0.39, 0.29) is 24.2 Å². The summed E-state index contributed by atoms with van der Waals surface area (Å²) in [6, 6.07) is -2.11. The summed E-state index contributed by atoms with van der Waals surface area (Å²) in [7, 11) is 0. The highest BCUT2D eigenvalue weighted by atomic mass is 32.1. The highest BCUT2D eigenvalue weighted by molar-refractivity contribution is 7.80. The van der Waals surface area contributed by atoms with Crippen molar-refractivity contribution in [2.45, 2.75) is 69.5 Å². The molecule has 2 rings (SSSR count). The van der Waals surface area contributed by atoms with Gasteiger partial charge in [-0.2, -0.15) is 12.6 Å². The lowest BCUT2D eigenvalue weighted by Gasteiger charge is -2.27. The fraction of sp³-hybridized carbons (Fsp3) is 0.789. The zero-order chi connectivity index (χ0) is 21.2. The molecule has 1 aliphatic carbocycles. The van der Waals surface area contributed by atoms with Gasteiger partial charge in [-0.25, -0.2) is 4.79 Å². The van der Waals surface area contributed by atoms with E-state index < -0.39 is 29.9 Å². The second kappa shape index (κ2) is 12.0. The van der Waals surface area contributed by atoms with E-state index in [0.29, 0.717) is 12.3 Å². The summed E-state index contributed by atoms with van der Waals surface area (Å²) >= 11 is 3.89. The lowest BCUT2D eigenvalue weighted by molar-refractivity contribution is -0.141. The Hall–Kier alpha value is -1.81. The Morgan fingerprint density at radius 3 is 2.31 bits per heavy atom. The summed E-state index contributed by atoms with van der Waals surface area (Å²) in [5, 5.41) is 19.8. The summed E-state index contributed by atoms with van der Waals surface area (Å²) in [5.41, 5.74) is 0. The van der Waals surface area contributed by atoms with E-state index in [1.807, 2.05) is 0 Å². The zero-order valence-electron chi connectivity index (χ0n) is 16.6. The Morgan fingerprint density at radius 2 is 1.72 bits per heavy atom. The number of nitrogens with one attached hydrogen (secondary N) is 4. The van der Waals surface area contributed by atoms with Gasteiger partial charge in [-0.05, 0) is 31.7 Å². The molecule has 1 aliphatic heterocycles. The van der Waals surface area contributed by atoms with Gasteiger partial charge < -0.3 is 26.4 Å². The molecule has 1 heterocycles. The first-order chi connectivity index (χ1) is 13.9. The van der Waals surface area contributed by atoms with Crippen LogP contribution in [0.5, 0.6) is 0 Å². The third kappa shape index (κ3) is 7.85. The maximum absolute atomic E-state index is 12.7. The molecule has 9 nitrogen and oxygen atoms in total. The molecule has 0 bridgehead atoms. The first-order valence-corrected chi connectivity index (χ1v) is 11.0. The normalized spacial score (nSPS) is 21.8. The molecule has 0 unspecified atom stereocenters. The topological polar surface area (TPSA) is 137 Å². The molecule has 10 heteroatoms. The van der Waals surface area contributed by atoms with Gasteiger partial charge in [-0.15, -0.1) is 0 Å². The fourth-order valence-corrected chi connectivity index (χ4v) is 4.14. The van der Waals surface area contributed by atoms with Gasteiger partial charge in [0.15, 0.2) is 0 Å². The van der Waals surface area contributed by atoms with Crippen molar-refractivity contribution in [3.63, 3.8) is 0 Å². The summed E-state index contributed by atoms with van der Waals surface area (Å²) < 4.78 is 0. The molecule has 2 fully saturated rings. The molecule has 0 radical (unpaired) electrons. The van der Waals surface area contributed by atoms with Gasteiger partial charge in [-0.3, -0.25) is 14.4 Å². The average molecular weight is 429 g/mol. The van der Waals surface area contributed by atoms with E-state index in [1.165, 1.54) is 6.42 Å². The van der Waals surface area contributed by atoms with Crippen LogP contribution in [0, 0.1) is 5.92 Å². The van der Waals surface area contributed by atoms with E-state index in [0.717, 1.165) is 45.1 Å². The first-order valence-electron chi connectivity index (χ1n) is 10.3. The molecule has 1 saturated heterocycles. The van der Waals surface area contributed by atoms with Crippen LogP contribution >= 0.6 is 12.6 Å². The number of amides is 3. The highest BCUT2D eigenvalue weighted by Gasteiger charge is 2.30. The molecular weight excluding hydrogens is 396 g/mol. The van der Waals surface area contributed by atoms with Crippen LogP contribution in [-0.4, -0.2) is 65.8 Å². The molecule has 3 amide bonds. The number of carbonyl (C=O) groups is 4. The number of carboxylic acid groups (broad SMARTS) is 1. The molecule has 5 N–H and O–H groups in total. The first kappa shape index (κ1) is 23.5. The van der Waals surface area contributed by atoms with Gasteiger partial charge in [-0.1, -0.05) is 32.1 Å². The van der Waals surface area contributed by atoms with Crippen LogP contribution in [0.1, 0.15) is 51.4 Å². The van der Waals surface area contributed by atoms with Crippen LogP contribution < -0.4 is 21.3 Å². The third-order valence-corrected chi connectivity index (χ3v) is 5.91. The van der Waals surface area contributed by atoms with Gasteiger partial charge >= 0.3 is 5.97 Å². The Kier molecular flexibility index (Phi) is 9.72. The smallest absolute Gasteiger partial charge is 0.327 e. The third-order valence-electron chi connectivity index (χ3n) is 5.54. The Morgan fingerprint density at radius 1 is 1.00 bits per heavy atom. The predicted octanol–water partition coefficient (Wildman–Crippen LogP) is -0.191. The maximum Gasteiger partial charge on any atom is 0.327 e. The zero-order valence-corrected chi connectivity index (χ0v) is 17.5. The SMILES string of the molecule is O=C(CNC(=O)[C@H](CC1CCCCC1)NC(=O)[C@@H]1CCCN1)N[C@@H](CS)C(=O)O. The molecule has 0 spiro atoms. The van der Waals surface area contributed by atoms with Crippen molar-refractivity contribution < 1.29 is 24.3 Å². The molecule has 164 valence electrons. The molecule has 0 aromatic carbocycles. The van der Waals surface area contributed by atoms with E-state index in [4.69, 9.17) is 5.11 Å². The highest BCUT2D eigenvalue weighted by Crippen LogP contribution is 2.27. The minimum atomic E-state index is -1.19. The van der Waals surface area contributed by atoms with Crippen molar-refractivity contribution in [2.24, 2.45) is 5.92 Å². The molecule has 0 aromatic rings. The van der Waals surface area contributed by atoms with Crippen LogP contribution in [0.4, 0.5) is 0 Å². The molecular formula is C19H32N4O5S. The van der Waals surface area contributed by atoms with Gasteiger partial charge in [0.2, 0.25) is 17.7 Å². The monoisotopic (exact) mass is 428 g/mol. The molecule has 0 aromatic heterocycles.